The Morgan fingerprint density at radius 1 is 1.25 bits per heavy atom. The van der Waals surface area contributed by atoms with Gasteiger partial charge in [-0.15, -0.1) is 0 Å². The molecule has 0 N–H and O–H groups in total. The molecule has 0 saturated heterocycles. The molecule has 0 aromatic carbocycles. The molecular formula is H5AlCl2Si. The van der Waals surface area contributed by atoms with Crippen LogP contribution < -0.4 is 0 Å². The molecule has 0 aliphatic heterocycles. The van der Waals surface area contributed by atoms with Crippen molar-refractivity contribution in [3.63, 3.8) is 0 Å². The minimum Gasteiger partial charge on any atom is -0.155 e. The average Bonchev–Trinajstić information content (AvgIpc) is 0.918. The SMILES string of the molecule is Cl[SiH2]Cl.[AlH3]. The molecule has 0 amide bonds. The standard InChI is InChI=1S/Al.Cl2H2Si.3H/c;1-3-2;;;/h;3H2;;;. The summed E-state index contributed by atoms with van der Waals surface area (Å²) >= 11 is 9.81. The molecule has 0 nitrogen and oxygen atoms in total. The highest BCUT2D eigenvalue weighted by atomic mass is 35.7. The predicted octanol–water partition coefficient (Wildman–Crippen LogP) is -0.721. The van der Waals surface area contributed by atoms with Crippen LogP contribution in [-0.2, 0) is 0 Å². The van der Waals surface area contributed by atoms with Gasteiger partial charge in [0.15, 0.2) is 17.4 Å². The lowest BCUT2D eigenvalue weighted by Gasteiger charge is -1.39. The van der Waals surface area contributed by atoms with E-state index in [4.69, 9.17) is 22.2 Å². The molecule has 0 aliphatic rings. The van der Waals surface area contributed by atoms with Crippen LogP contribution in [0.4, 0.5) is 0 Å². The van der Waals surface area contributed by atoms with E-state index in [1.807, 2.05) is 0 Å². The molecule has 0 fully saturated rings. The van der Waals surface area contributed by atoms with E-state index in [1.54, 1.807) is 0 Å². The van der Waals surface area contributed by atoms with Gasteiger partial charge >= 0.3 is 0 Å². The van der Waals surface area contributed by atoms with Crippen molar-refractivity contribution in [1.82, 2.24) is 0 Å². The molecule has 0 unspecified atom stereocenters. The zero-order valence-electron chi connectivity index (χ0n) is 1.46. The van der Waals surface area contributed by atoms with Crippen LogP contribution in [0.15, 0.2) is 0 Å². The van der Waals surface area contributed by atoms with E-state index in [0.29, 0.717) is 0 Å². The number of hydrogen-bond acceptors (Lipinski definition) is 0. The van der Waals surface area contributed by atoms with Crippen LogP contribution in [0.25, 0.3) is 0 Å². The van der Waals surface area contributed by atoms with Gasteiger partial charge in [0.05, 0.1) is 0 Å². The van der Waals surface area contributed by atoms with Gasteiger partial charge in [-0.1, -0.05) is 0 Å². The second-order valence-corrected chi connectivity index (χ2v) is 2.73. The Balaban J connectivity index is 0. The summed E-state index contributed by atoms with van der Waals surface area (Å²) in [6.07, 6.45) is 0. The molecule has 4 heteroatoms. The highest BCUT2D eigenvalue weighted by molar-refractivity contribution is 7.22. The van der Waals surface area contributed by atoms with E-state index < -0.39 is 8.14 Å². The fraction of sp³-hybridized carbons (Fsp3) is 0. The summed E-state index contributed by atoms with van der Waals surface area (Å²) in [6.45, 7) is 0. The Kier molecular flexibility index (Phi) is 19.9. The third-order valence-corrected chi connectivity index (χ3v) is 0. The molecule has 0 aromatic rings. The van der Waals surface area contributed by atoms with Crippen molar-refractivity contribution in [2.75, 3.05) is 0 Å². The topological polar surface area (TPSA) is 0 Å². The maximum atomic E-state index is 4.90. The largest absolute Gasteiger partial charge is 0.222 e. The third-order valence-electron chi connectivity index (χ3n) is 0. The van der Waals surface area contributed by atoms with Crippen LogP contribution in [0, 0.1) is 0 Å². The highest BCUT2D eigenvalue weighted by Crippen LogP contribution is 1.67. The normalized spacial score (nSPS) is 4.50. The lowest BCUT2D eigenvalue weighted by molar-refractivity contribution is 4.39. The molecule has 0 atom stereocenters. The van der Waals surface area contributed by atoms with Crippen molar-refractivity contribution in [2.45, 2.75) is 0 Å². The number of halogens is 2. The van der Waals surface area contributed by atoms with Crippen molar-refractivity contribution >= 4 is 47.7 Å². The average molecular weight is 131 g/mol. The smallest absolute Gasteiger partial charge is 0.155 e. The summed E-state index contributed by atoms with van der Waals surface area (Å²) in [5, 5.41) is 0. The van der Waals surface area contributed by atoms with Crippen LogP contribution in [-0.4, -0.2) is 25.5 Å². The van der Waals surface area contributed by atoms with Crippen molar-refractivity contribution in [3.8, 4) is 0 Å². The molecule has 26 valence electrons. The molecule has 0 spiro atoms. The van der Waals surface area contributed by atoms with Gasteiger partial charge in [-0.3, -0.25) is 0 Å². The van der Waals surface area contributed by atoms with E-state index in [-0.39, 0.29) is 17.4 Å². The van der Waals surface area contributed by atoms with Crippen LogP contribution in [0.2, 0.25) is 0 Å². The van der Waals surface area contributed by atoms with Crippen molar-refractivity contribution in [3.05, 3.63) is 0 Å². The van der Waals surface area contributed by atoms with Crippen LogP contribution in [0.1, 0.15) is 0 Å². The molecule has 0 heterocycles. The monoisotopic (exact) mass is 130 g/mol. The Hall–Kier alpha value is 1.33. The van der Waals surface area contributed by atoms with Gasteiger partial charge in [0.1, 0.15) is 0 Å². The molecule has 4 heavy (non-hydrogen) atoms. The van der Waals surface area contributed by atoms with E-state index >= 15 is 0 Å². The predicted molar refractivity (Wildman–Crippen MR) is 30.2 cm³/mol. The quantitative estimate of drug-likeness (QED) is 0.300. The van der Waals surface area contributed by atoms with E-state index in [2.05, 4.69) is 0 Å². The first kappa shape index (κ1) is 9.01. The zero-order valence-corrected chi connectivity index (χ0v) is 4.39. The van der Waals surface area contributed by atoms with Gasteiger partial charge in [0.25, 0.3) is 0 Å². The fourth-order valence-electron chi connectivity index (χ4n) is 0. The van der Waals surface area contributed by atoms with Gasteiger partial charge in [0, 0.05) is 0 Å². The first-order valence-corrected chi connectivity index (χ1v) is 4.81. The molecule has 0 radical (unpaired) electrons. The van der Waals surface area contributed by atoms with E-state index in [9.17, 15) is 0 Å². The molecule has 0 bridgehead atoms. The zero-order chi connectivity index (χ0) is 2.71. The Morgan fingerprint density at radius 2 is 1.25 bits per heavy atom. The third kappa shape index (κ3) is 10.2. The Bertz CT molecular complexity index is 6.00. The van der Waals surface area contributed by atoms with E-state index in [0.717, 1.165) is 0 Å². The van der Waals surface area contributed by atoms with Gasteiger partial charge in [-0.2, -0.15) is 22.2 Å². The van der Waals surface area contributed by atoms with Crippen molar-refractivity contribution in [1.29, 1.82) is 0 Å². The van der Waals surface area contributed by atoms with Crippen LogP contribution >= 0.6 is 22.2 Å². The van der Waals surface area contributed by atoms with Crippen LogP contribution in [0.3, 0.4) is 0 Å². The lowest BCUT2D eigenvalue weighted by atomic mass is 27.0. The summed E-state index contributed by atoms with van der Waals surface area (Å²) in [6, 6.07) is 0. The van der Waals surface area contributed by atoms with E-state index in [1.165, 1.54) is 0 Å². The minimum absolute atomic E-state index is 0. The second-order valence-electron chi connectivity index (χ2n) is 0.101. The number of hydrogen-bond donors (Lipinski definition) is 0. The van der Waals surface area contributed by atoms with Crippen molar-refractivity contribution < 1.29 is 0 Å². The Morgan fingerprint density at radius 3 is 1.25 bits per heavy atom. The van der Waals surface area contributed by atoms with Gasteiger partial charge in [0.2, 0.25) is 8.14 Å². The summed E-state index contributed by atoms with van der Waals surface area (Å²) in [5.74, 6) is 0. The lowest BCUT2D eigenvalue weighted by Crippen LogP contribution is -1.36. The molecular weight excluding hydrogens is 126 g/mol. The van der Waals surface area contributed by atoms with Crippen LogP contribution in [0.5, 0.6) is 0 Å². The first-order valence-electron chi connectivity index (χ1n) is 0.535. The van der Waals surface area contributed by atoms with Crippen molar-refractivity contribution in [2.24, 2.45) is 0 Å². The fourth-order valence-corrected chi connectivity index (χ4v) is 0. The first-order chi connectivity index (χ1) is 1.41. The Labute approximate surface area is 47.8 Å². The maximum Gasteiger partial charge on any atom is 0.222 e. The second kappa shape index (κ2) is 8.84. The summed E-state index contributed by atoms with van der Waals surface area (Å²) in [7, 11) is -0.639. The summed E-state index contributed by atoms with van der Waals surface area (Å²) in [5.41, 5.74) is 0. The summed E-state index contributed by atoms with van der Waals surface area (Å²) in [4.78, 5) is 0. The number of rotatable bonds is 0. The van der Waals surface area contributed by atoms with Gasteiger partial charge < -0.3 is 0 Å². The minimum atomic E-state index is -0.639. The maximum absolute atomic E-state index is 4.90. The highest BCUT2D eigenvalue weighted by Gasteiger charge is 1.46. The molecule has 0 rings (SSSR count). The summed E-state index contributed by atoms with van der Waals surface area (Å²) < 4.78 is 0. The van der Waals surface area contributed by atoms with Gasteiger partial charge in [-0.05, 0) is 0 Å². The van der Waals surface area contributed by atoms with Gasteiger partial charge in [-0.25, -0.2) is 0 Å². The molecule has 0 aliphatic carbocycles. The molecule has 0 saturated carbocycles. The molecule has 0 aromatic heterocycles.